The van der Waals surface area contributed by atoms with Crippen molar-refractivity contribution in [1.82, 2.24) is 4.72 Å². The van der Waals surface area contributed by atoms with E-state index in [9.17, 15) is 8.42 Å². The highest BCUT2D eigenvalue weighted by Crippen LogP contribution is 2.20. The summed E-state index contributed by atoms with van der Waals surface area (Å²) in [7, 11) is -3.18. The zero-order valence-electron chi connectivity index (χ0n) is 10.1. The molecule has 0 saturated heterocycles. The summed E-state index contributed by atoms with van der Waals surface area (Å²) in [6.07, 6.45) is 2.33. The molecular formula is C12H18N2O2S2. The fourth-order valence-corrected chi connectivity index (χ4v) is 3.68. The third-order valence-corrected chi connectivity index (χ3v) is 4.79. The molecule has 0 unspecified atom stereocenters. The van der Waals surface area contributed by atoms with Crippen molar-refractivity contribution in [2.24, 2.45) is 0 Å². The van der Waals surface area contributed by atoms with Gasteiger partial charge < -0.3 is 5.73 Å². The van der Waals surface area contributed by atoms with Crippen molar-refractivity contribution >= 4 is 27.5 Å². The fourth-order valence-electron chi connectivity index (χ4n) is 1.26. The number of nitrogens with two attached hydrogens (primary N) is 1. The molecule has 4 nitrogen and oxygen atoms in total. The summed E-state index contributed by atoms with van der Waals surface area (Å²) >= 11 is 1.48. The molecule has 0 aliphatic heterocycles. The number of nitrogens with one attached hydrogen (secondary N) is 1. The van der Waals surface area contributed by atoms with Crippen LogP contribution in [0, 0.1) is 0 Å². The van der Waals surface area contributed by atoms with Gasteiger partial charge in [0.05, 0.1) is 5.75 Å². The van der Waals surface area contributed by atoms with Crippen LogP contribution >= 0.6 is 11.8 Å². The van der Waals surface area contributed by atoms with E-state index in [-0.39, 0.29) is 5.75 Å². The number of hydrogen-bond donors (Lipinski definition) is 2. The van der Waals surface area contributed by atoms with Gasteiger partial charge >= 0.3 is 0 Å². The first-order valence-electron chi connectivity index (χ1n) is 5.60. The molecule has 1 rings (SSSR count). The monoisotopic (exact) mass is 286 g/mol. The highest BCUT2D eigenvalue weighted by molar-refractivity contribution is 8.00. The molecule has 0 aliphatic carbocycles. The maximum absolute atomic E-state index is 11.6. The molecule has 1 aromatic rings. The molecule has 100 valence electrons. The van der Waals surface area contributed by atoms with Gasteiger partial charge in [-0.1, -0.05) is 12.1 Å². The van der Waals surface area contributed by atoms with E-state index in [0.29, 0.717) is 24.4 Å². The standard InChI is InChI=1S/C12H18N2O2S2/c1-2-3-7-14-18(15,16)9-8-17-12-6-4-5-11(13)10-12/h2,4-6,10,14H,1,3,7-9,13H2. The normalized spacial score (nSPS) is 11.3. The molecule has 0 atom stereocenters. The maximum atomic E-state index is 11.6. The zero-order valence-corrected chi connectivity index (χ0v) is 11.8. The van der Waals surface area contributed by atoms with E-state index in [1.54, 1.807) is 12.1 Å². The van der Waals surface area contributed by atoms with Crippen LogP contribution in [0.4, 0.5) is 5.69 Å². The van der Waals surface area contributed by atoms with Gasteiger partial charge in [0.25, 0.3) is 0 Å². The predicted octanol–water partition coefficient (Wildman–Crippen LogP) is 1.86. The van der Waals surface area contributed by atoms with Crippen molar-refractivity contribution in [2.75, 3.05) is 23.8 Å². The second kappa shape index (κ2) is 7.45. The number of benzene rings is 1. The molecule has 6 heteroatoms. The van der Waals surface area contributed by atoms with Gasteiger partial charge in [0.2, 0.25) is 10.0 Å². The Hall–Kier alpha value is -0.980. The molecule has 0 fully saturated rings. The first-order chi connectivity index (χ1) is 8.53. The van der Waals surface area contributed by atoms with Gasteiger partial charge in [-0.3, -0.25) is 0 Å². The summed E-state index contributed by atoms with van der Waals surface area (Å²) < 4.78 is 25.7. The first-order valence-corrected chi connectivity index (χ1v) is 8.24. The van der Waals surface area contributed by atoms with Crippen LogP contribution in [0.15, 0.2) is 41.8 Å². The molecule has 0 aromatic heterocycles. The Bertz CT molecular complexity index is 487. The number of thioether (sulfide) groups is 1. The SMILES string of the molecule is C=CCCNS(=O)(=O)CCSc1cccc(N)c1. The Morgan fingerprint density at radius 3 is 2.89 bits per heavy atom. The second-order valence-corrected chi connectivity index (χ2v) is 6.81. The second-order valence-electron chi connectivity index (χ2n) is 3.71. The highest BCUT2D eigenvalue weighted by Gasteiger charge is 2.08. The third kappa shape index (κ3) is 6.09. The van der Waals surface area contributed by atoms with E-state index in [1.165, 1.54) is 11.8 Å². The van der Waals surface area contributed by atoms with Crippen LogP contribution in [0.25, 0.3) is 0 Å². The Morgan fingerprint density at radius 2 is 2.22 bits per heavy atom. The van der Waals surface area contributed by atoms with Gasteiger partial charge in [-0.25, -0.2) is 13.1 Å². The lowest BCUT2D eigenvalue weighted by molar-refractivity contribution is 0.584. The third-order valence-electron chi connectivity index (χ3n) is 2.15. The van der Waals surface area contributed by atoms with Crippen molar-refractivity contribution in [2.45, 2.75) is 11.3 Å². The molecule has 0 amide bonds. The van der Waals surface area contributed by atoms with E-state index in [4.69, 9.17) is 5.73 Å². The van der Waals surface area contributed by atoms with Crippen molar-refractivity contribution < 1.29 is 8.42 Å². The largest absolute Gasteiger partial charge is 0.399 e. The van der Waals surface area contributed by atoms with Gasteiger partial charge in [0.1, 0.15) is 0 Å². The zero-order chi connectivity index (χ0) is 13.4. The summed E-state index contributed by atoms with van der Waals surface area (Å²) in [4.78, 5) is 0.983. The molecule has 0 aliphatic rings. The molecule has 0 saturated carbocycles. The lowest BCUT2D eigenvalue weighted by Gasteiger charge is -2.05. The first kappa shape index (κ1) is 15.1. The molecule has 0 bridgehead atoms. The average molecular weight is 286 g/mol. The molecule has 0 radical (unpaired) electrons. The quantitative estimate of drug-likeness (QED) is 0.331. The van der Waals surface area contributed by atoms with E-state index < -0.39 is 10.0 Å². The van der Waals surface area contributed by atoms with Gasteiger partial charge in [-0.15, -0.1) is 18.3 Å². The Labute approximate surface area is 113 Å². The van der Waals surface area contributed by atoms with Crippen LogP contribution in [0.3, 0.4) is 0 Å². The average Bonchev–Trinajstić information content (AvgIpc) is 2.29. The fraction of sp³-hybridized carbons (Fsp3) is 0.333. The minimum absolute atomic E-state index is 0.101. The summed E-state index contributed by atoms with van der Waals surface area (Å²) in [6, 6.07) is 7.41. The van der Waals surface area contributed by atoms with E-state index in [0.717, 1.165) is 4.90 Å². The molecule has 18 heavy (non-hydrogen) atoms. The van der Waals surface area contributed by atoms with Crippen LogP contribution in [-0.2, 0) is 10.0 Å². The van der Waals surface area contributed by atoms with E-state index >= 15 is 0 Å². The number of anilines is 1. The maximum Gasteiger partial charge on any atom is 0.212 e. The number of rotatable bonds is 8. The van der Waals surface area contributed by atoms with Crippen LogP contribution in [0.1, 0.15) is 6.42 Å². The lowest BCUT2D eigenvalue weighted by atomic mass is 10.3. The minimum atomic E-state index is -3.18. The molecule has 3 N–H and O–H groups in total. The Morgan fingerprint density at radius 1 is 1.44 bits per heavy atom. The molecule has 1 aromatic carbocycles. The van der Waals surface area contributed by atoms with Crippen molar-refractivity contribution in [3.63, 3.8) is 0 Å². The number of hydrogen-bond acceptors (Lipinski definition) is 4. The molecular weight excluding hydrogens is 268 g/mol. The number of sulfonamides is 1. The summed E-state index contributed by atoms with van der Waals surface area (Å²) in [6.45, 7) is 3.95. The topological polar surface area (TPSA) is 72.2 Å². The van der Waals surface area contributed by atoms with Crippen LogP contribution in [0.5, 0.6) is 0 Å². The van der Waals surface area contributed by atoms with Crippen molar-refractivity contribution in [1.29, 1.82) is 0 Å². The van der Waals surface area contributed by atoms with Crippen LogP contribution < -0.4 is 10.5 Å². The Kier molecular flexibility index (Phi) is 6.24. The van der Waals surface area contributed by atoms with E-state index in [2.05, 4.69) is 11.3 Å². The van der Waals surface area contributed by atoms with E-state index in [1.807, 2.05) is 18.2 Å². The lowest BCUT2D eigenvalue weighted by Crippen LogP contribution is -2.28. The summed E-state index contributed by atoms with van der Waals surface area (Å²) in [5, 5.41) is 0. The minimum Gasteiger partial charge on any atom is -0.399 e. The van der Waals surface area contributed by atoms with Gasteiger partial charge in [-0.2, -0.15) is 0 Å². The Balaban J connectivity index is 2.34. The van der Waals surface area contributed by atoms with Crippen molar-refractivity contribution in [3.8, 4) is 0 Å². The summed E-state index contributed by atoms with van der Waals surface area (Å²) in [5.74, 6) is 0.608. The van der Waals surface area contributed by atoms with Gasteiger partial charge in [-0.05, 0) is 24.6 Å². The summed E-state index contributed by atoms with van der Waals surface area (Å²) in [5.41, 5.74) is 6.33. The molecule has 0 spiro atoms. The molecule has 0 heterocycles. The van der Waals surface area contributed by atoms with Gasteiger partial charge in [0.15, 0.2) is 0 Å². The smallest absolute Gasteiger partial charge is 0.212 e. The number of nitrogen functional groups attached to an aromatic ring is 1. The van der Waals surface area contributed by atoms with Crippen LogP contribution in [0.2, 0.25) is 0 Å². The van der Waals surface area contributed by atoms with Gasteiger partial charge in [0, 0.05) is 22.9 Å². The highest BCUT2D eigenvalue weighted by atomic mass is 32.2. The predicted molar refractivity (Wildman–Crippen MR) is 78.2 cm³/mol. The van der Waals surface area contributed by atoms with Crippen LogP contribution in [-0.4, -0.2) is 26.5 Å². The van der Waals surface area contributed by atoms with Crippen molar-refractivity contribution in [3.05, 3.63) is 36.9 Å².